The summed E-state index contributed by atoms with van der Waals surface area (Å²) in [6, 6.07) is 7.81. The lowest BCUT2D eigenvalue weighted by atomic mass is 10.4. The standard InChI is InChI=1S/C11H8BrN3S/c12-10-2-1-9(16-10)8-6-15-4-3-7(13)5-11(15)14-8/h1-6H,13H2. The number of thiophene rings is 1. The Morgan fingerprint density at radius 3 is 2.94 bits per heavy atom. The molecule has 0 radical (unpaired) electrons. The average Bonchev–Trinajstić information content (AvgIpc) is 2.83. The van der Waals surface area contributed by atoms with Gasteiger partial charge in [0.2, 0.25) is 0 Å². The molecule has 3 rings (SSSR count). The number of rotatable bonds is 1. The number of nitrogens with zero attached hydrogens (tertiary/aromatic N) is 2. The lowest BCUT2D eigenvalue weighted by Gasteiger charge is -1.92. The number of pyridine rings is 1. The number of aromatic nitrogens is 2. The third-order valence-corrected chi connectivity index (χ3v) is 3.96. The molecule has 0 spiro atoms. The SMILES string of the molecule is Nc1ccn2cc(-c3ccc(Br)s3)nc2c1. The highest BCUT2D eigenvalue weighted by molar-refractivity contribution is 9.11. The molecule has 0 aliphatic heterocycles. The van der Waals surface area contributed by atoms with E-state index in [0.717, 1.165) is 25.7 Å². The van der Waals surface area contributed by atoms with Gasteiger partial charge in [0.15, 0.2) is 0 Å². The predicted molar refractivity (Wildman–Crippen MR) is 70.6 cm³/mol. The van der Waals surface area contributed by atoms with Crippen molar-refractivity contribution < 1.29 is 0 Å². The summed E-state index contributed by atoms with van der Waals surface area (Å²) in [6.07, 6.45) is 3.93. The van der Waals surface area contributed by atoms with Crippen molar-refractivity contribution in [2.24, 2.45) is 0 Å². The van der Waals surface area contributed by atoms with E-state index in [0.29, 0.717) is 0 Å². The Balaban J connectivity index is 2.18. The molecule has 5 heteroatoms. The van der Waals surface area contributed by atoms with Gasteiger partial charge in [-0.15, -0.1) is 11.3 Å². The highest BCUT2D eigenvalue weighted by Crippen LogP contribution is 2.30. The van der Waals surface area contributed by atoms with Gasteiger partial charge in [0.1, 0.15) is 5.65 Å². The van der Waals surface area contributed by atoms with Crippen LogP contribution in [-0.4, -0.2) is 9.38 Å². The van der Waals surface area contributed by atoms with Crippen LogP contribution in [0.3, 0.4) is 0 Å². The predicted octanol–water partition coefficient (Wildman–Crippen LogP) is 3.41. The number of hydrogen-bond acceptors (Lipinski definition) is 3. The number of fused-ring (bicyclic) bond motifs is 1. The van der Waals surface area contributed by atoms with Gasteiger partial charge >= 0.3 is 0 Å². The van der Waals surface area contributed by atoms with Crippen LogP contribution in [0.1, 0.15) is 0 Å². The Morgan fingerprint density at radius 1 is 1.31 bits per heavy atom. The number of nitrogens with two attached hydrogens (primary N) is 1. The maximum Gasteiger partial charge on any atom is 0.139 e. The quantitative estimate of drug-likeness (QED) is 0.747. The van der Waals surface area contributed by atoms with Gasteiger partial charge < -0.3 is 10.1 Å². The second kappa shape index (κ2) is 3.61. The van der Waals surface area contributed by atoms with E-state index < -0.39 is 0 Å². The van der Waals surface area contributed by atoms with Crippen molar-refractivity contribution >= 4 is 38.6 Å². The maximum absolute atomic E-state index is 5.72. The fourth-order valence-corrected chi connectivity index (χ4v) is 2.91. The van der Waals surface area contributed by atoms with Gasteiger partial charge in [0.25, 0.3) is 0 Å². The molecule has 3 nitrogen and oxygen atoms in total. The molecule has 0 fully saturated rings. The topological polar surface area (TPSA) is 43.3 Å². The van der Waals surface area contributed by atoms with E-state index in [2.05, 4.69) is 27.0 Å². The fraction of sp³-hybridized carbons (Fsp3) is 0. The average molecular weight is 294 g/mol. The molecule has 3 aromatic rings. The van der Waals surface area contributed by atoms with Crippen molar-refractivity contribution in [2.75, 3.05) is 5.73 Å². The zero-order valence-electron chi connectivity index (χ0n) is 8.22. The van der Waals surface area contributed by atoms with Crippen LogP contribution in [-0.2, 0) is 0 Å². The third kappa shape index (κ3) is 1.62. The van der Waals surface area contributed by atoms with Crippen molar-refractivity contribution in [1.82, 2.24) is 9.38 Å². The summed E-state index contributed by atoms with van der Waals surface area (Å²) in [4.78, 5) is 5.68. The van der Waals surface area contributed by atoms with E-state index in [1.54, 1.807) is 11.3 Å². The van der Waals surface area contributed by atoms with Gasteiger partial charge in [-0.05, 0) is 34.1 Å². The van der Waals surface area contributed by atoms with Crippen LogP contribution in [0.4, 0.5) is 5.69 Å². The Morgan fingerprint density at radius 2 is 2.19 bits per heavy atom. The smallest absolute Gasteiger partial charge is 0.139 e. The van der Waals surface area contributed by atoms with Crippen molar-refractivity contribution in [3.63, 3.8) is 0 Å². The number of halogens is 1. The molecular weight excluding hydrogens is 286 g/mol. The van der Waals surface area contributed by atoms with E-state index in [-0.39, 0.29) is 0 Å². The van der Waals surface area contributed by atoms with E-state index in [1.807, 2.05) is 35.0 Å². The molecule has 16 heavy (non-hydrogen) atoms. The van der Waals surface area contributed by atoms with Crippen molar-refractivity contribution in [1.29, 1.82) is 0 Å². The maximum atomic E-state index is 5.72. The Labute approximate surface area is 105 Å². The van der Waals surface area contributed by atoms with Crippen LogP contribution in [0.15, 0.2) is 40.4 Å². The zero-order chi connectivity index (χ0) is 11.1. The number of anilines is 1. The van der Waals surface area contributed by atoms with E-state index in [1.165, 1.54) is 0 Å². The third-order valence-electron chi connectivity index (χ3n) is 2.31. The molecule has 0 saturated carbocycles. The van der Waals surface area contributed by atoms with E-state index in [9.17, 15) is 0 Å². The van der Waals surface area contributed by atoms with Crippen LogP contribution in [0, 0.1) is 0 Å². The minimum atomic E-state index is 0.733. The molecule has 2 N–H and O–H groups in total. The molecular formula is C11H8BrN3S. The normalized spacial score (nSPS) is 11.1. The first kappa shape index (κ1) is 9.86. The summed E-state index contributed by atoms with van der Waals surface area (Å²) >= 11 is 5.12. The van der Waals surface area contributed by atoms with Crippen LogP contribution < -0.4 is 5.73 Å². The van der Waals surface area contributed by atoms with Crippen LogP contribution in [0.5, 0.6) is 0 Å². The number of imidazole rings is 1. The van der Waals surface area contributed by atoms with Gasteiger partial charge in [0.05, 0.1) is 14.4 Å². The first-order valence-corrected chi connectivity index (χ1v) is 6.33. The Kier molecular flexibility index (Phi) is 2.22. The van der Waals surface area contributed by atoms with E-state index in [4.69, 9.17) is 5.73 Å². The van der Waals surface area contributed by atoms with Crippen LogP contribution in [0.2, 0.25) is 0 Å². The van der Waals surface area contributed by atoms with Gasteiger partial charge in [-0.25, -0.2) is 4.98 Å². The summed E-state index contributed by atoms with van der Waals surface area (Å²) in [5.41, 5.74) is 8.30. The summed E-state index contributed by atoms with van der Waals surface area (Å²) < 4.78 is 3.08. The summed E-state index contributed by atoms with van der Waals surface area (Å²) in [5.74, 6) is 0. The molecule has 0 bridgehead atoms. The van der Waals surface area contributed by atoms with E-state index >= 15 is 0 Å². The minimum Gasteiger partial charge on any atom is -0.399 e. The second-order valence-corrected chi connectivity index (χ2v) is 5.92. The first-order valence-electron chi connectivity index (χ1n) is 4.72. The van der Waals surface area contributed by atoms with Gasteiger partial charge in [-0.2, -0.15) is 0 Å². The molecule has 0 aliphatic rings. The number of nitrogen functional groups attached to an aromatic ring is 1. The monoisotopic (exact) mass is 293 g/mol. The summed E-state index contributed by atoms with van der Waals surface area (Å²) in [6.45, 7) is 0. The largest absolute Gasteiger partial charge is 0.399 e. The minimum absolute atomic E-state index is 0.733. The molecule has 0 amide bonds. The molecule has 80 valence electrons. The lowest BCUT2D eigenvalue weighted by molar-refractivity contribution is 1.19. The number of hydrogen-bond donors (Lipinski definition) is 1. The fourth-order valence-electron chi connectivity index (χ4n) is 1.57. The molecule has 0 saturated heterocycles. The Bertz CT molecular complexity index is 656. The first-order chi connectivity index (χ1) is 7.72. The van der Waals surface area contributed by atoms with Gasteiger partial charge in [-0.1, -0.05) is 0 Å². The molecule has 0 aromatic carbocycles. The van der Waals surface area contributed by atoms with Crippen LogP contribution >= 0.6 is 27.3 Å². The van der Waals surface area contributed by atoms with Crippen LogP contribution in [0.25, 0.3) is 16.2 Å². The highest BCUT2D eigenvalue weighted by atomic mass is 79.9. The van der Waals surface area contributed by atoms with Gasteiger partial charge in [-0.3, -0.25) is 0 Å². The van der Waals surface area contributed by atoms with Crippen molar-refractivity contribution in [3.05, 3.63) is 40.4 Å². The second-order valence-electron chi connectivity index (χ2n) is 3.46. The molecule has 0 unspecified atom stereocenters. The molecule has 3 aromatic heterocycles. The molecule has 0 atom stereocenters. The molecule has 3 heterocycles. The lowest BCUT2D eigenvalue weighted by Crippen LogP contribution is -1.87. The van der Waals surface area contributed by atoms with Crippen molar-refractivity contribution in [2.45, 2.75) is 0 Å². The summed E-state index contributed by atoms with van der Waals surface area (Å²) in [5, 5.41) is 0. The molecule has 0 aliphatic carbocycles. The van der Waals surface area contributed by atoms with Crippen molar-refractivity contribution in [3.8, 4) is 10.6 Å². The van der Waals surface area contributed by atoms with Gasteiger partial charge in [0, 0.05) is 24.1 Å². The Hall–Kier alpha value is -1.33. The highest BCUT2D eigenvalue weighted by Gasteiger charge is 2.06. The zero-order valence-corrected chi connectivity index (χ0v) is 10.6. The summed E-state index contributed by atoms with van der Waals surface area (Å²) in [7, 11) is 0.